The van der Waals surface area contributed by atoms with Crippen LogP contribution < -0.4 is 0 Å². The van der Waals surface area contributed by atoms with Crippen LogP contribution in [0.5, 0.6) is 11.5 Å². The number of phenols is 2. The summed E-state index contributed by atoms with van der Waals surface area (Å²) in [6.07, 6.45) is 7.56. The summed E-state index contributed by atoms with van der Waals surface area (Å²) < 4.78 is 4.80. The van der Waals surface area contributed by atoms with Gasteiger partial charge in [0.15, 0.2) is 11.5 Å². The Morgan fingerprint density at radius 1 is 1.26 bits per heavy atom. The first-order chi connectivity index (χ1) is 12.6. The van der Waals surface area contributed by atoms with Gasteiger partial charge < -0.3 is 14.9 Å². The van der Waals surface area contributed by atoms with Crippen molar-refractivity contribution in [3.05, 3.63) is 34.9 Å². The fourth-order valence-electron chi connectivity index (χ4n) is 5.77. The molecule has 0 spiro atoms. The summed E-state index contributed by atoms with van der Waals surface area (Å²) in [6.45, 7) is 9.27. The highest BCUT2D eigenvalue weighted by Crippen LogP contribution is 2.63. The molecular formula is C23H32O4. The van der Waals surface area contributed by atoms with Gasteiger partial charge in [-0.15, -0.1) is 0 Å². The monoisotopic (exact) mass is 372 g/mol. The van der Waals surface area contributed by atoms with Gasteiger partial charge >= 0.3 is 5.97 Å². The number of aromatic hydroxyl groups is 2. The summed E-state index contributed by atoms with van der Waals surface area (Å²) in [6, 6.07) is 2.95. The lowest BCUT2D eigenvalue weighted by molar-refractivity contribution is -0.0758. The van der Waals surface area contributed by atoms with Gasteiger partial charge in [-0.2, -0.15) is 0 Å². The average Bonchev–Trinajstić information content (AvgIpc) is 2.62. The van der Waals surface area contributed by atoms with Crippen LogP contribution in [0.4, 0.5) is 0 Å². The molecule has 0 aliphatic heterocycles. The zero-order valence-corrected chi connectivity index (χ0v) is 17.1. The standard InChI is InChI=1S/C23H32O4/c1-14-7-6-10-22(3)18(14)9-8-15(2)23(22,4)13-17-11-16(21(26)27-5)12-19(24)20(17)25/h7,11-12,15,18,24-25H,6,8-10,13H2,1-5H3. The van der Waals surface area contributed by atoms with Crippen molar-refractivity contribution in [3.8, 4) is 11.5 Å². The molecule has 3 rings (SSSR count). The van der Waals surface area contributed by atoms with Crippen molar-refractivity contribution in [2.45, 2.75) is 59.8 Å². The van der Waals surface area contributed by atoms with Crippen molar-refractivity contribution in [1.82, 2.24) is 0 Å². The number of allylic oxidation sites excluding steroid dienone is 2. The molecule has 2 aliphatic carbocycles. The number of benzene rings is 1. The number of hydrogen-bond acceptors (Lipinski definition) is 4. The maximum Gasteiger partial charge on any atom is 0.337 e. The lowest BCUT2D eigenvalue weighted by Crippen LogP contribution is -2.53. The summed E-state index contributed by atoms with van der Waals surface area (Å²) in [7, 11) is 1.32. The highest BCUT2D eigenvalue weighted by molar-refractivity contribution is 5.90. The molecule has 0 bridgehead atoms. The summed E-state index contributed by atoms with van der Waals surface area (Å²) in [5, 5.41) is 20.7. The molecule has 0 aromatic heterocycles. The third-order valence-electron chi connectivity index (χ3n) is 7.88. The number of rotatable bonds is 3. The van der Waals surface area contributed by atoms with E-state index in [0.717, 1.165) is 19.3 Å². The molecule has 1 aromatic carbocycles. The molecule has 0 heterocycles. The highest BCUT2D eigenvalue weighted by Gasteiger charge is 2.55. The third-order valence-corrected chi connectivity index (χ3v) is 7.88. The molecule has 4 heteroatoms. The molecule has 148 valence electrons. The second-order valence-electron chi connectivity index (χ2n) is 9.02. The minimum Gasteiger partial charge on any atom is -0.504 e. The molecule has 0 saturated heterocycles. The van der Waals surface area contributed by atoms with Crippen LogP contribution in [0.3, 0.4) is 0 Å². The Morgan fingerprint density at radius 3 is 2.63 bits per heavy atom. The summed E-state index contributed by atoms with van der Waals surface area (Å²) in [5.41, 5.74) is 2.45. The van der Waals surface area contributed by atoms with E-state index >= 15 is 0 Å². The minimum absolute atomic E-state index is 0.0515. The number of phenolic OH excluding ortho intramolecular Hbond substituents is 2. The van der Waals surface area contributed by atoms with Gasteiger partial charge in [-0.1, -0.05) is 32.4 Å². The fourth-order valence-corrected chi connectivity index (χ4v) is 5.77. The van der Waals surface area contributed by atoms with Crippen molar-refractivity contribution in [2.75, 3.05) is 7.11 Å². The Morgan fingerprint density at radius 2 is 1.96 bits per heavy atom. The van der Waals surface area contributed by atoms with Crippen LogP contribution in [-0.4, -0.2) is 23.3 Å². The van der Waals surface area contributed by atoms with Crippen LogP contribution in [0.1, 0.15) is 69.3 Å². The average molecular weight is 373 g/mol. The SMILES string of the molecule is COC(=O)c1cc(O)c(O)c(CC2(C)C(C)CCC3C(C)=CCCC32C)c1. The minimum atomic E-state index is -0.506. The molecule has 0 amide bonds. The van der Waals surface area contributed by atoms with E-state index in [-0.39, 0.29) is 27.9 Å². The van der Waals surface area contributed by atoms with Gasteiger partial charge in [-0.05, 0) is 79.4 Å². The Bertz CT molecular complexity index is 781. The number of carbonyl (C=O) groups is 1. The quantitative estimate of drug-likeness (QED) is 0.433. The van der Waals surface area contributed by atoms with Crippen LogP contribution in [-0.2, 0) is 11.2 Å². The second kappa shape index (κ2) is 6.88. The van der Waals surface area contributed by atoms with Crippen molar-refractivity contribution in [1.29, 1.82) is 0 Å². The van der Waals surface area contributed by atoms with Gasteiger partial charge in [-0.25, -0.2) is 4.79 Å². The lowest BCUT2D eigenvalue weighted by Gasteiger charge is -2.60. The lowest BCUT2D eigenvalue weighted by atomic mass is 9.44. The number of esters is 1. The second-order valence-corrected chi connectivity index (χ2v) is 9.02. The van der Waals surface area contributed by atoms with Crippen molar-refractivity contribution in [2.24, 2.45) is 22.7 Å². The number of carbonyl (C=O) groups excluding carboxylic acids is 1. The zero-order valence-electron chi connectivity index (χ0n) is 17.1. The van der Waals surface area contributed by atoms with E-state index in [0.29, 0.717) is 23.8 Å². The predicted octanol–water partition coefficient (Wildman–Crippen LogP) is 5.23. The largest absolute Gasteiger partial charge is 0.504 e. The molecule has 4 atom stereocenters. The van der Waals surface area contributed by atoms with E-state index in [1.165, 1.54) is 25.2 Å². The molecule has 1 aromatic rings. The van der Waals surface area contributed by atoms with Gasteiger partial charge in [0.05, 0.1) is 12.7 Å². The third kappa shape index (κ3) is 3.03. The fraction of sp³-hybridized carbons (Fsp3) is 0.609. The van der Waals surface area contributed by atoms with Crippen LogP contribution in [0.25, 0.3) is 0 Å². The van der Waals surface area contributed by atoms with Crippen molar-refractivity contribution < 1.29 is 19.7 Å². The Balaban J connectivity index is 2.06. The van der Waals surface area contributed by atoms with E-state index in [1.54, 1.807) is 6.07 Å². The normalized spacial score (nSPS) is 33.1. The van der Waals surface area contributed by atoms with E-state index in [4.69, 9.17) is 4.74 Å². The maximum absolute atomic E-state index is 12.0. The van der Waals surface area contributed by atoms with Crippen LogP contribution in [0.15, 0.2) is 23.8 Å². The molecular weight excluding hydrogens is 340 g/mol. The van der Waals surface area contributed by atoms with Gasteiger partial charge in [0.1, 0.15) is 0 Å². The van der Waals surface area contributed by atoms with E-state index in [2.05, 4.69) is 33.8 Å². The van der Waals surface area contributed by atoms with E-state index in [9.17, 15) is 15.0 Å². The van der Waals surface area contributed by atoms with Crippen LogP contribution >= 0.6 is 0 Å². The van der Waals surface area contributed by atoms with E-state index in [1.807, 2.05) is 0 Å². The topological polar surface area (TPSA) is 66.8 Å². The first-order valence-corrected chi connectivity index (χ1v) is 9.94. The van der Waals surface area contributed by atoms with E-state index < -0.39 is 5.97 Å². The number of methoxy groups -OCH3 is 1. The van der Waals surface area contributed by atoms with Gasteiger partial charge in [-0.3, -0.25) is 0 Å². The zero-order chi connectivity index (χ0) is 20.0. The molecule has 2 aliphatic rings. The molecule has 0 radical (unpaired) electrons. The Kier molecular flexibility index (Phi) is 5.04. The van der Waals surface area contributed by atoms with Gasteiger partial charge in [0.25, 0.3) is 0 Å². The van der Waals surface area contributed by atoms with Crippen LogP contribution in [0.2, 0.25) is 0 Å². The summed E-state index contributed by atoms with van der Waals surface area (Å²) >= 11 is 0. The first-order valence-electron chi connectivity index (χ1n) is 9.94. The van der Waals surface area contributed by atoms with Crippen molar-refractivity contribution in [3.63, 3.8) is 0 Å². The number of hydrogen-bond donors (Lipinski definition) is 2. The Labute approximate surface area is 162 Å². The highest BCUT2D eigenvalue weighted by atomic mass is 16.5. The predicted molar refractivity (Wildman–Crippen MR) is 106 cm³/mol. The van der Waals surface area contributed by atoms with Crippen LogP contribution in [0, 0.1) is 22.7 Å². The number of fused-ring (bicyclic) bond motifs is 1. The first kappa shape index (κ1) is 19.8. The summed E-state index contributed by atoms with van der Waals surface area (Å²) in [5.74, 6) is 0.139. The molecule has 1 saturated carbocycles. The van der Waals surface area contributed by atoms with Gasteiger partial charge in [0.2, 0.25) is 0 Å². The Hall–Kier alpha value is -1.97. The maximum atomic E-state index is 12.0. The molecule has 4 unspecified atom stereocenters. The molecule has 1 fully saturated rings. The number of ether oxygens (including phenoxy) is 1. The molecule has 4 nitrogen and oxygen atoms in total. The van der Waals surface area contributed by atoms with Gasteiger partial charge in [0, 0.05) is 0 Å². The smallest absolute Gasteiger partial charge is 0.337 e. The molecule has 27 heavy (non-hydrogen) atoms. The molecule has 2 N–H and O–H groups in total. The summed E-state index contributed by atoms with van der Waals surface area (Å²) in [4.78, 5) is 12.0. The van der Waals surface area contributed by atoms with Crippen molar-refractivity contribution >= 4 is 5.97 Å².